The molecule has 1 aromatic rings. The lowest BCUT2D eigenvalue weighted by atomic mass is 10.2. The van der Waals surface area contributed by atoms with Gasteiger partial charge in [-0.2, -0.15) is 4.31 Å². The molecular weight excluding hydrogens is 341 g/mol. The molecule has 21 heavy (non-hydrogen) atoms. The maximum absolute atomic E-state index is 12.6. The van der Waals surface area contributed by atoms with E-state index in [1.807, 2.05) is 0 Å². The SMILES string of the molecule is C[C@@H]1CN(S(=O)(=O)c2cc(C(=O)O)c(Cl)cc2Cl)CCO1. The van der Waals surface area contributed by atoms with E-state index in [2.05, 4.69) is 0 Å². The van der Waals surface area contributed by atoms with Crippen molar-refractivity contribution >= 4 is 39.2 Å². The van der Waals surface area contributed by atoms with E-state index in [-0.39, 0.29) is 46.3 Å². The van der Waals surface area contributed by atoms with Crippen LogP contribution in [-0.4, -0.2) is 49.6 Å². The number of aromatic carboxylic acids is 1. The zero-order valence-electron chi connectivity index (χ0n) is 11.0. The Morgan fingerprint density at radius 3 is 2.62 bits per heavy atom. The first-order chi connectivity index (χ1) is 9.73. The second kappa shape index (κ2) is 6.10. The van der Waals surface area contributed by atoms with Gasteiger partial charge in [-0.1, -0.05) is 23.2 Å². The Hall–Kier alpha value is -0.860. The second-order valence-corrected chi connectivity index (χ2v) is 7.33. The highest BCUT2D eigenvalue weighted by molar-refractivity contribution is 7.89. The smallest absolute Gasteiger partial charge is 0.337 e. The first-order valence-corrected chi connectivity index (χ1v) is 8.27. The fourth-order valence-electron chi connectivity index (χ4n) is 2.03. The van der Waals surface area contributed by atoms with Gasteiger partial charge in [0.2, 0.25) is 10.0 Å². The van der Waals surface area contributed by atoms with Crippen molar-refractivity contribution in [3.63, 3.8) is 0 Å². The second-order valence-electron chi connectivity index (χ2n) is 4.61. The van der Waals surface area contributed by atoms with Gasteiger partial charge in [0.05, 0.1) is 28.3 Å². The van der Waals surface area contributed by atoms with Crippen LogP contribution in [0.25, 0.3) is 0 Å². The van der Waals surface area contributed by atoms with Gasteiger partial charge in [0.1, 0.15) is 4.90 Å². The number of halogens is 2. The summed E-state index contributed by atoms with van der Waals surface area (Å²) in [5.74, 6) is -1.32. The van der Waals surface area contributed by atoms with E-state index in [1.165, 1.54) is 4.31 Å². The van der Waals surface area contributed by atoms with Crippen LogP contribution in [0.1, 0.15) is 17.3 Å². The molecule has 0 aromatic heterocycles. The molecule has 0 spiro atoms. The zero-order chi connectivity index (χ0) is 15.8. The molecule has 9 heteroatoms. The molecule has 116 valence electrons. The van der Waals surface area contributed by atoms with E-state index < -0.39 is 16.0 Å². The quantitative estimate of drug-likeness (QED) is 0.899. The van der Waals surface area contributed by atoms with Crippen molar-refractivity contribution < 1.29 is 23.1 Å². The summed E-state index contributed by atoms with van der Waals surface area (Å²) in [7, 11) is -3.90. The molecule has 1 aliphatic rings. The summed E-state index contributed by atoms with van der Waals surface area (Å²) in [6.07, 6.45) is -0.237. The number of carboxylic acids is 1. The third kappa shape index (κ3) is 3.32. The minimum atomic E-state index is -3.90. The average molecular weight is 354 g/mol. The molecule has 1 N–H and O–H groups in total. The van der Waals surface area contributed by atoms with Crippen molar-refractivity contribution in [1.82, 2.24) is 4.31 Å². The number of rotatable bonds is 3. The topological polar surface area (TPSA) is 83.9 Å². The van der Waals surface area contributed by atoms with Crippen LogP contribution in [0.15, 0.2) is 17.0 Å². The summed E-state index contributed by atoms with van der Waals surface area (Å²) in [6, 6.07) is 2.12. The monoisotopic (exact) mass is 353 g/mol. The van der Waals surface area contributed by atoms with Crippen molar-refractivity contribution in [2.24, 2.45) is 0 Å². The third-order valence-corrected chi connectivity index (χ3v) is 5.72. The molecule has 1 heterocycles. The van der Waals surface area contributed by atoms with Crippen LogP contribution < -0.4 is 0 Å². The number of carboxylic acid groups (broad SMARTS) is 1. The Balaban J connectivity index is 2.49. The Morgan fingerprint density at radius 2 is 2.05 bits per heavy atom. The summed E-state index contributed by atoms with van der Waals surface area (Å²) in [5.41, 5.74) is -0.305. The molecule has 6 nitrogen and oxygen atoms in total. The number of morpholine rings is 1. The standard InChI is InChI=1S/C12H13Cl2NO5S/c1-7-6-15(2-3-20-7)21(18,19)11-4-8(12(16)17)9(13)5-10(11)14/h4-5,7H,2-3,6H2,1H3,(H,16,17)/t7-/m1/s1. The Bertz CT molecular complexity index is 676. The molecule has 0 aliphatic carbocycles. The molecule has 1 saturated heterocycles. The van der Waals surface area contributed by atoms with E-state index >= 15 is 0 Å². The van der Waals surface area contributed by atoms with Gasteiger partial charge < -0.3 is 9.84 Å². The number of carbonyl (C=O) groups is 1. The lowest BCUT2D eigenvalue weighted by molar-refractivity contribution is 0.0102. The minimum absolute atomic E-state index is 0.107. The molecule has 1 aliphatic heterocycles. The largest absolute Gasteiger partial charge is 0.478 e. The summed E-state index contributed by atoms with van der Waals surface area (Å²) in [5, 5.41) is 8.83. The van der Waals surface area contributed by atoms with Crippen LogP contribution in [0.4, 0.5) is 0 Å². The van der Waals surface area contributed by atoms with E-state index in [1.54, 1.807) is 6.92 Å². The van der Waals surface area contributed by atoms with E-state index in [4.69, 9.17) is 33.0 Å². The molecule has 0 saturated carbocycles. The van der Waals surface area contributed by atoms with Crippen molar-refractivity contribution in [2.75, 3.05) is 19.7 Å². The van der Waals surface area contributed by atoms with E-state index in [9.17, 15) is 13.2 Å². The van der Waals surface area contributed by atoms with Crippen LogP contribution in [0.5, 0.6) is 0 Å². The van der Waals surface area contributed by atoms with Gasteiger partial charge in [-0.15, -0.1) is 0 Å². The van der Waals surface area contributed by atoms with Crippen molar-refractivity contribution in [1.29, 1.82) is 0 Å². The highest BCUT2D eigenvalue weighted by Gasteiger charge is 2.32. The normalized spacial score (nSPS) is 20.4. The highest BCUT2D eigenvalue weighted by Crippen LogP contribution is 2.31. The van der Waals surface area contributed by atoms with E-state index in [0.717, 1.165) is 12.1 Å². The van der Waals surface area contributed by atoms with Gasteiger partial charge in [0.15, 0.2) is 0 Å². The number of benzene rings is 1. The Morgan fingerprint density at radius 1 is 1.38 bits per heavy atom. The maximum Gasteiger partial charge on any atom is 0.337 e. The molecule has 0 radical (unpaired) electrons. The van der Waals surface area contributed by atoms with Gasteiger partial charge >= 0.3 is 5.97 Å². The lowest BCUT2D eigenvalue weighted by Gasteiger charge is -2.30. The van der Waals surface area contributed by atoms with Crippen molar-refractivity contribution in [2.45, 2.75) is 17.9 Å². The summed E-state index contributed by atoms with van der Waals surface area (Å²) >= 11 is 11.7. The molecular formula is C12H13Cl2NO5S. The van der Waals surface area contributed by atoms with Crippen LogP contribution in [0, 0.1) is 0 Å². The summed E-state index contributed by atoms with van der Waals surface area (Å²) in [6.45, 7) is 2.41. The number of nitrogens with zero attached hydrogens (tertiary/aromatic N) is 1. The fourth-order valence-corrected chi connectivity index (χ4v) is 4.36. The zero-order valence-corrected chi connectivity index (χ0v) is 13.4. The number of hydrogen-bond acceptors (Lipinski definition) is 4. The molecule has 0 bridgehead atoms. The highest BCUT2D eigenvalue weighted by atomic mass is 35.5. The summed E-state index contributed by atoms with van der Waals surface area (Å²) in [4.78, 5) is 10.8. The molecule has 0 amide bonds. The number of ether oxygens (including phenoxy) is 1. The molecule has 1 atom stereocenters. The van der Waals surface area contributed by atoms with Crippen LogP contribution in [-0.2, 0) is 14.8 Å². The maximum atomic E-state index is 12.6. The predicted octanol–water partition coefficient (Wildman–Crippen LogP) is 2.10. The first-order valence-electron chi connectivity index (χ1n) is 6.07. The molecule has 2 rings (SSSR count). The predicted molar refractivity (Wildman–Crippen MR) is 77.6 cm³/mol. The molecule has 0 unspecified atom stereocenters. The lowest BCUT2D eigenvalue weighted by Crippen LogP contribution is -2.44. The van der Waals surface area contributed by atoms with Gasteiger partial charge in [0.25, 0.3) is 0 Å². The Kier molecular flexibility index (Phi) is 4.79. The van der Waals surface area contributed by atoms with Gasteiger partial charge in [-0.25, -0.2) is 13.2 Å². The number of hydrogen-bond donors (Lipinski definition) is 1. The molecule has 1 fully saturated rings. The number of sulfonamides is 1. The summed E-state index contributed by atoms with van der Waals surface area (Å²) < 4.78 is 31.7. The average Bonchev–Trinajstić information content (AvgIpc) is 2.37. The minimum Gasteiger partial charge on any atom is -0.478 e. The first kappa shape index (κ1) is 16.5. The van der Waals surface area contributed by atoms with Gasteiger partial charge in [-0.3, -0.25) is 0 Å². The Labute approximate surface area is 132 Å². The fraction of sp³-hybridized carbons (Fsp3) is 0.417. The van der Waals surface area contributed by atoms with Crippen LogP contribution in [0.3, 0.4) is 0 Å². The van der Waals surface area contributed by atoms with E-state index in [0.29, 0.717) is 0 Å². The van der Waals surface area contributed by atoms with Crippen molar-refractivity contribution in [3.8, 4) is 0 Å². The molecule has 1 aromatic carbocycles. The van der Waals surface area contributed by atoms with Crippen LogP contribution in [0.2, 0.25) is 10.0 Å². The van der Waals surface area contributed by atoms with Gasteiger partial charge in [-0.05, 0) is 19.1 Å². The van der Waals surface area contributed by atoms with Crippen molar-refractivity contribution in [3.05, 3.63) is 27.7 Å². The van der Waals surface area contributed by atoms with Gasteiger partial charge in [0, 0.05) is 13.1 Å². The van der Waals surface area contributed by atoms with Crippen LogP contribution >= 0.6 is 23.2 Å². The third-order valence-electron chi connectivity index (χ3n) is 3.07.